The van der Waals surface area contributed by atoms with Crippen molar-refractivity contribution in [3.63, 3.8) is 0 Å². The lowest BCUT2D eigenvalue weighted by Crippen LogP contribution is -2.24. The molecule has 0 aliphatic heterocycles. The van der Waals surface area contributed by atoms with E-state index < -0.39 is 0 Å². The molecular formula is C20H21N3O2. The minimum absolute atomic E-state index is 0.0309. The van der Waals surface area contributed by atoms with Crippen molar-refractivity contribution < 1.29 is 4.79 Å². The van der Waals surface area contributed by atoms with Crippen molar-refractivity contribution in [2.75, 3.05) is 0 Å². The van der Waals surface area contributed by atoms with Crippen LogP contribution in [-0.4, -0.2) is 16.1 Å². The third-order valence-corrected chi connectivity index (χ3v) is 4.30. The molecule has 1 aromatic heterocycles. The van der Waals surface area contributed by atoms with E-state index in [9.17, 15) is 9.59 Å². The lowest BCUT2D eigenvalue weighted by Gasteiger charge is -2.07. The Morgan fingerprint density at radius 3 is 2.44 bits per heavy atom. The number of aryl methyl sites for hydroxylation is 2. The second-order valence-corrected chi connectivity index (χ2v) is 5.99. The minimum Gasteiger partial charge on any atom is -0.350 e. The summed E-state index contributed by atoms with van der Waals surface area (Å²) >= 11 is 0. The van der Waals surface area contributed by atoms with Gasteiger partial charge in [-0.15, -0.1) is 0 Å². The Hall–Kier alpha value is -2.95. The van der Waals surface area contributed by atoms with Gasteiger partial charge in [-0.2, -0.15) is 5.10 Å². The van der Waals surface area contributed by atoms with Gasteiger partial charge >= 0.3 is 0 Å². The number of H-pyrrole nitrogens is 1. The zero-order valence-electron chi connectivity index (χ0n) is 14.2. The van der Waals surface area contributed by atoms with Gasteiger partial charge in [-0.25, -0.2) is 5.10 Å². The molecule has 0 fully saturated rings. The first kappa shape index (κ1) is 16.9. The van der Waals surface area contributed by atoms with Crippen LogP contribution >= 0.6 is 0 Å². The Kier molecular flexibility index (Phi) is 5.23. The maximum atomic E-state index is 12.1. The normalized spacial score (nSPS) is 10.8. The van der Waals surface area contributed by atoms with Gasteiger partial charge in [0.05, 0.1) is 17.6 Å². The lowest BCUT2D eigenvalue weighted by atomic mass is 10.1. The number of carbonyl (C=O) groups is 1. The van der Waals surface area contributed by atoms with Crippen LogP contribution in [0.2, 0.25) is 0 Å². The average molecular weight is 335 g/mol. The fraction of sp³-hybridized carbons (Fsp3) is 0.250. The quantitative estimate of drug-likeness (QED) is 0.727. The van der Waals surface area contributed by atoms with Crippen molar-refractivity contribution in [1.29, 1.82) is 0 Å². The smallest absolute Gasteiger partial charge is 0.272 e. The molecule has 0 spiro atoms. The molecule has 2 N–H and O–H groups in total. The van der Waals surface area contributed by atoms with E-state index in [-0.39, 0.29) is 11.5 Å². The highest BCUT2D eigenvalue weighted by molar-refractivity contribution is 5.84. The van der Waals surface area contributed by atoms with Crippen LogP contribution in [0.15, 0.2) is 53.3 Å². The van der Waals surface area contributed by atoms with Gasteiger partial charge in [0.1, 0.15) is 0 Å². The van der Waals surface area contributed by atoms with Crippen LogP contribution in [0.1, 0.15) is 30.2 Å². The summed E-state index contributed by atoms with van der Waals surface area (Å²) in [7, 11) is 0. The molecule has 5 nitrogen and oxygen atoms in total. The highest BCUT2D eigenvalue weighted by atomic mass is 16.1. The van der Waals surface area contributed by atoms with E-state index in [1.54, 1.807) is 6.07 Å². The first-order chi connectivity index (χ1) is 12.2. The largest absolute Gasteiger partial charge is 0.350 e. The predicted molar refractivity (Wildman–Crippen MR) is 98.4 cm³/mol. The Morgan fingerprint density at radius 1 is 1.04 bits per heavy atom. The number of benzene rings is 2. The molecule has 3 aromatic rings. The van der Waals surface area contributed by atoms with Crippen molar-refractivity contribution in [1.82, 2.24) is 15.5 Å². The Morgan fingerprint density at radius 2 is 1.72 bits per heavy atom. The molecule has 0 atom stereocenters. The van der Waals surface area contributed by atoms with Gasteiger partial charge in [0, 0.05) is 11.8 Å². The second kappa shape index (κ2) is 7.75. The summed E-state index contributed by atoms with van der Waals surface area (Å²) in [4.78, 5) is 23.9. The van der Waals surface area contributed by atoms with Crippen LogP contribution in [0.3, 0.4) is 0 Å². The van der Waals surface area contributed by atoms with E-state index in [4.69, 9.17) is 0 Å². The number of hydrogen-bond donors (Lipinski definition) is 2. The molecule has 5 heteroatoms. The summed E-state index contributed by atoms with van der Waals surface area (Å²) < 4.78 is 0. The van der Waals surface area contributed by atoms with E-state index in [1.807, 2.05) is 18.2 Å². The topological polar surface area (TPSA) is 74.8 Å². The number of rotatable bonds is 6. The number of aromatic amines is 1. The summed E-state index contributed by atoms with van der Waals surface area (Å²) in [6, 6.07) is 15.6. The van der Waals surface area contributed by atoms with Crippen molar-refractivity contribution >= 4 is 16.7 Å². The van der Waals surface area contributed by atoms with Gasteiger partial charge in [-0.1, -0.05) is 49.4 Å². The molecule has 1 heterocycles. The number of hydrogen-bond acceptors (Lipinski definition) is 3. The van der Waals surface area contributed by atoms with E-state index in [2.05, 4.69) is 46.7 Å². The monoisotopic (exact) mass is 335 g/mol. The maximum absolute atomic E-state index is 12.1. The standard InChI is InChI=1S/C20H21N3O2/c1-2-14-7-9-15(10-8-14)11-12-19(24)21-13-18-16-5-3-4-6-17(16)20(25)23-22-18/h3-10H,2,11-13H2,1H3,(H,21,24)(H,23,25). The zero-order valence-corrected chi connectivity index (χ0v) is 14.2. The molecule has 0 radical (unpaired) electrons. The number of nitrogens with zero attached hydrogens (tertiary/aromatic N) is 1. The van der Waals surface area contributed by atoms with Crippen LogP contribution in [0.4, 0.5) is 0 Å². The molecule has 0 unspecified atom stereocenters. The summed E-state index contributed by atoms with van der Waals surface area (Å²) in [5.74, 6) is -0.0309. The van der Waals surface area contributed by atoms with Crippen molar-refractivity contribution in [3.05, 3.63) is 75.7 Å². The first-order valence-electron chi connectivity index (χ1n) is 8.48. The van der Waals surface area contributed by atoms with Crippen molar-refractivity contribution in [3.8, 4) is 0 Å². The van der Waals surface area contributed by atoms with E-state index >= 15 is 0 Å². The van der Waals surface area contributed by atoms with Crippen molar-refractivity contribution in [2.24, 2.45) is 0 Å². The second-order valence-electron chi connectivity index (χ2n) is 5.99. The Balaban J connectivity index is 1.59. The third-order valence-electron chi connectivity index (χ3n) is 4.30. The van der Waals surface area contributed by atoms with Gasteiger partial charge in [-0.3, -0.25) is 9.59 Å². The molecule has 3 rings (SSSR count). The molecular weight excluding hydrogens is 314 g/mol. The fourth-order valence-electron chi connectivity index (χ4n) is 2.78. The first-order valence-corrected chi connectivity index (χ1v) is 8.48. The van der Waals surface area contributed by atoms with E-state index in [0.717, 1.165) is 17.4 Å². The minimum atomic E-state index is -0.221. The molecule has 1 amide bonds. The molecule has 2 aromatic carbocycles. The zero-order chi connectivity index (χ0) is 17.6. The highest BCUT2D eigenvalue weighted by Gasteiger charge is 2.08. The SMILES string of the molecule is CCc1ccc(CCC(=O)NCc2n[nH]c(=O)c3ccccc23)cc1. The molecule has 0 saturated heterocycles. The third kappa shape index (κ3) is 4.12. The van der Waals surface area contributed by atoms with Gasteiger partial charge in [0.25, 0.3) is 5.56 Å². The highest BCUT2D eigenvalue weighted by Crippen LogP contribution is 2.12. The molecule has 0 saturated carbocycles. The van der Waals surface area contributed by atoms with Gasteiger partial charge in [0.2, 0.25) is 5.91 Å². The molecule has 0 aliphatic carbocycles. The molecule has 0 bridgehead atoms. The number of amides is 1. The van der Waals surface area contributed by atoms with Crippen LogP contribution in [-0.2, 0) is 24.2 Å². The van der Waals surface area contributed by atoms with Crippen LogP contribution in [0.25, 0.3) is 10.8 Å². The molecule has 0 aliphatic rings. The van der Waals surface area contributed by atoms with Crippen LogP contribution in [0, 0.1) is 0 Å². The van der Waals surface area contributed by atoms with Crippen molar-refractivity contribution in [2.45, 2.75) is 32.7 Å². The molecule has 128 valence electrons. The lowest BCUT2D eigenvalue weighted by molar-refractivity contribution is -0.121. The maximum Gasteiger partial charge on any atom is 0.272 e. The average Bonchev–Trinajstić information content (AvgIpc) is 2.66. The summed E-state index contributed by atoms with van der Waals surface area (Å²) in [5.41, 5.74) is 2.89. The Bertz CT molecular complexity index is 930. The van der Waals surface area contributed by atoms with Crippen LogP contribution in [0.5, 0.6) is 0 Å². The summed E-state index contributed by atoms with van der Waals surface area (Å²) in [5, 5.41) is 10.8. The van der Waals surface area contributed by atoms with E-state index in [0.29, 0.717) is 30.5 Å². The summed E-state index contributed by atoms with van der Waals surface area (Å²) in [6.07, 6.45) is 2.14. The number of aromatic nitrogens is 2. The van der Waals surface area contributed by atoms with Gasteiger partial charge in [0.15, 0.2) is 0 Å². The fourth-order valence-corrected chi connectivity index (χ4v) is 2.78. The molecule has 25 heavy (non-hydrogen) atoms. The summed E-state index contributed by atoms with van der Waals surface area (Å²) in [6.45, 7) is 2.42. The van der Waals surface area contributed by atoms with Gasteiger partial charge in [-0.05, 0) is 30.0 Å². The number of nitrogens with one attached hydrogen (secondary N) is 2. The van der Waals surface area contributed by atoms with Crippen LogP contribution < -0.4 is 10.9 Å². The Labute approximate surface area is 146 Å². The number of carbonyl (C=O) groups excluding carboxylic acids is 1. The predicted octanol–water partition coefficient (Wildman–Crippen LogP) is 2.73. The number of fused-ring (bicyclic) bond motifs is 1. The van der Waals surface area contributed by atoms with E-state index in [1.165, 1.54) is 5.56 Å². The van der Waals surface area contributed by atoms with Gasteiger partial charge < -0.3 is 5.32 Å².